The van der Waals surface area contributed by atoms with E-state index in [1.54, 1.807) is 0 Å². The van der Waals surface area contributed by atoms with Crippen molar-refractivity contribution in [3.63, 3.8) is 0 Å². The Morgan fingerprint density at radius 2 is 0.688 bits per heavy atom. The lowest BCUT2D eigenvalue weighted by Gasteiger charge is -2.34. The van der Waals surface area contributed by atoms with Crippen molar-refractivity contribution in [2.75, 3.05) is 0 Å². The van der Waals surface area contributed by atoms with Crippen molar-refractivity contribution in [2.24, 2.45) is 0 Å². The summed E-state index contributed by atoms with van der Waals surface area (Å²) in [5.41, 5.74) is 21.1. The standard InChI is InChI=1S/C78H50N2/c1-5-21-51(22-6-1)54-38-42-70-69-34-18-20-36-76(69)80(77(70)50-54)61-44-56(53-37-40-66-64-31-14-13-29-62(64)63-30-15-16-32-65(63)71(66)46-53)43-58(45-61)75-49-57(52-23-7-2-8-24-52)48-74(79-75)55-39-41-68-67-33-17-19-35-72(67)78(73(68)47-55,59-25-9-3-10-26-59)60-27-11-4-12-28-60/h1-50H. The predicted molar refractivity (Wildman–Crippen MR) is 336 cm³/mol. The van der Waals surface area contributed by atoms with Gasteiger partial charge in [0.2, 0.25) is 0 Å². The SMILES string of the molecule is c1ccc(-c2cc(-c3cc(-c4ccc5c6ccccc6c6ccccc6c5c4)cc(-n4c5ccccc5c5ccc(-c6ccccc6)cc54)c3)nc(-c3ccc4c(c3)C(c3ccccc3)(c3ccccc3)c3ccccc3-4)c2)cc1. The highest BCUT2D eigenvalue weighted by molar-refractivity contribution is 6.25. The van der Waals surface area contributed by atoms with Crippen molar-refractivity contribution >= 4 is 54.1 Å². The van der Waals surface area contributed by atoms with Crippen LogP contribution < -0.4 is 0 Å². The summed E-state index contributed by atoms with van der Waals surface area (Å²) in [6.45, 7) is 0. The van der Waals surface area contributed by atoms with Crippen LogP contribution in [-0.2, 0) is 5.41 Å². The average molecular weight is 1020 g/mol. The maximum absolute atomic E-state index is 5.82. The summed E-state index contributed by atoms with van der Waals surface area (Å²) < 4.78 is 2.47. The number of benzene rings is 13. The molecule has 2 nitrogen and oxygen atoms in total. The largest absolute Gasteiger partial charge is 0.309 e. The normalized spacial score (nSPS) is 12.6. The number of hydrogen-bond acceptors (Lipinski definition) is 1. The van der Waals surface area contributed by atoms with E-state index in [9.17, 15) is 0 Å². The number of rotatable bonds is 8. The number of aromatic nitrogens is 2. The number of pyridine rings is 1. The Bertz CT molecular complexity index is 4850. The van der Waals surface area contributed by atoms with Gasteiger partial charge in [0.05, 0.1) is 27.8 Å². The Kier molecular flexibility index (Phi) is 10.5. The molecule has 0 atom stereocenters. The minimum atomic E-state index is -0.548. The molecule has 1 aliphatic rings. The van der Waals surface area contributed by atoms with Gasteiger partial charge in [0.15, 0.2) is 0 Å². The molecule has 0 saturated heterocycles. The third-order valence-corrected chi connectivity index (χ3v) is 17.0. The van der Waals surface area contributed by atoms with Crippen LogP contribution in [0.3, 0.4) is 0 Å². The van der Waals surface area contributed by atoms with Gasteiger partial charge in [-0.3, -0.25) is 0 Å². The van der Waals surface area contributed by atoms with Crippen LogP contribution in [0.25, 0.3) is 127 Å². The van der Waals surface area contributed by atoms with E-state index < -0.39 is 5.41 Å². The molecule has 0 radical (unpaired) electrons. The van der Waals surface area contributed by atoms with Crippen molar-refractivity contribution in [1.29, 1.82) is 0 Å². The molecule has 372 valence electrons. The van der Waals surface area contributed by atoms with E-state index in [0.29, 0.717) is 0 Å². The Hall–Kier alpha value is -10.4. The Labute approximate surface area is 464 Å². The quantitative estimate of drug-likeness (QED) is 0.139. The van der Waals surface area contributed by atoms with Gasteiger partial charge in [-0.05, 0) is 154 Å². The lowest BCUT2D eigenvalue weighted by Crippen LogP contribution is -2.28. The first-order chi connectivity index (χ1) is 39.7. The fraction of sp³-hybridized carbons (Fsp3) is 0.0128. The second-order valence-corrected chi connectivity index (χ2v) is 21.4. The molecular formula is C78H50N2. The number of nitrogens with zero attached hydrogens (tertiary/aromatic N) is 2. The molecule has 0 bridgehead atoms. The third-order valence-electron chi connectivity index (χ3n) is 17.0. The van der Waals surface area contributed by atoms with E-state index >= 15 is 0 Å². The highest BCUT2D eigenvalue weighted by Crippen LogP contribution is 2.57. The molecular weight excluding hydrogens is 965 g/mol. The molecule has 0 amide bonds. The van der Waals surface area contributed by atoms with Gasteiger partial charge in [-0.2, -0.15) is 0 Å². The van der Waals surface area contributed by atoms with Gasteiger partial charge in [-0.25, -0.2) is 4.98 Å². The van der Waals surface area contributed by atoms with Crippen LogP contribution in [0.5, 0.6) is 0 Å². The Morgan fingerprint density at radius 3 is 1.35 bits per heavy atom. The van der Waals surface area contributed by atoms with E-state index in [1.165, 1.54) is 87.6 Å². The molecule has 0 N–H and O–H groups in total. The molecule has 0 aliphatic heterocycles. The van der Waals surface area contributed by atoms with Gasteiger partial charge in [-0.15, -0.1) is 0 Å². The number of hydrogen-bond donors (Lipinski definition) is 0. The summed E-state index contributed by atoms with van der Waals surface area (Å²) in [6.07, 6.45) is 0. The maximum atomic E-state index is 5.82. The third kappa shape index (κ3) is 7.16. The molecule has 15 aromatic rings. The molecule has 0 fully saturated rings. The number of fused-ring (bicyclic) bond motifs is 12. The van der Waals surface area contributed by atoms with Gasteiger partial charge in [0.25, 0.3) is 0 Å². The highest BCUT2D eigenvalue weighted by Gasteiger charge is 2.46. The fourth-order valence-corrected chi connectivity index (χ4v) is 13.4. The second-order valence-electron chi connectivity index (χ2n) is 21.4. The Balaban J connectivity index is 0.961. The molecule has 16 rings (SSSR count). The van der Waals surface area contributed by atoms with Gasteiger partial charge in [0.1, 0.15) is 0 Å². The van der Waals surface area contributed by atoms with Crippen LogP contribution in [0.1, 0.15) is 22.3 Å². The van der Waals surface area contributed by atoms with Gasteiger partial charge >= 0.3 is 0 Å². The van der Waals surface area contributed by atoms with Crippen molar-refractivity contribution < 1.29 is 0 Å². The van der Waals surface area contributed by atoms with Crippen LogP contribution in [0.2, 0.25) is 0 Å². The molecule has 2 heterocycles. The van der Waals surface area contributed by atoms with E-state index in [4.69, 9.17) is 4.98 Å². The molecule has 0 unspecified atom stereocenters. The minimum absolute atomic E-state index is 0.548. The van der Waals surface area contributed by atoms with E-state index in [2.05, 4.69) is 308 Å². The van der Waals surface area contributed by atoms with Crippen molar-refractivity contribution in [2.45, 2.75) is 5.41 Å². The summed E-state index contributed by atoms with van der Waals surface area (Å²) in [7, 11) is 0. The van der Waals surface area contributed by atoms with E-state index in [1.807, 2.05) is 0 Å². The molecule has 2 heteroatoms. The molecule has 1 aliphatic carbocycles. The molecule has 13 aromatic carbocycles. The van der Waals surface area contributed by atoms with Crippen molar-refractivity contribution in [3.05, 3.63) is 326 Å². The fourth-order valence-electron chi connectivity index (χ4n) is 13.4. The first-order valence-corrected chi connectivity index (χ1v) is 27.7. The lowest BCUT2D eigenvalue weighted by atomic mass is 9.67. The zero-order chi connectivity index (χ0) is 52.7. The van der Waals surface area contributed by atoms with Crippen molar-refractivity contribution in [3.8, 4) is 72.7 Å². The van der Waals surface area contributed by atoms with Crippen LogP contribution in [0.4, 0.5) is 0 Å². The van der Waals surface area contributed by atoms with Gasteiger partial charge < -0.3 is 4.57 Å². The van der Waals surface area contributed by atoms with Crippen LogP contribution >= 0.6 is 0 Å². The predicted octanol–water partition coefficient (Wildman–Crippen LogP) is 20.3. The van der Waals surface area contributed by atoms with Gasteiger partial charge in [-0.1, -0.05) is 249 Å². The van der Waals surface area contributed by atoms with Gasteiger partial charge in [0, 0.05) is 27.6 Å². The summed E-state index contributed by atoms with van der Waals surface area (Å²) in [6, 6.07) is 112. The summed E-state index contributed by atoms with van der Waals surface area (Å²) in [5.74, 6) is 0. The number of para-hydroxylation sites is 1. The molecule has 2 aromatic heterocycles. The van der Waals surface area contributed by atoms with Crippen LogP contribution in [0.15, 0.2) is 303 Å². The van der Waals surface area contributed by atoms with Crippen LogP contribution in [0, 0.1) is 0 Å². The first-order valence-electron chi connectivity index (χ1n) is 27.7. The van der Waals surface area contributed by atoms with Crippen LogP contribution in [-0.4, -0.2) is 9.55 Å². The zero-order valence-electron chi connectivity index (χ0n) is 43.8. The van der Waals surface area contributed by atoms with E-state index in [0.717, 1.165) is 61.5 Å². The zero-order valence-corrected chi connectivity index (χ0v) is 43.8. The van der Waals surface area contributed by atoms with E-state index in [-0.39, 0.29) is 0 Å². The molecule has 80 heavy (non-hydrogen) atoms. The molecule has 0 saturated carbocycles. The summed E-state index contributed by atoms with van der Waals surface area (Å²) >= 11 is 0. The summed E-state index contributed by atoms with van der Waals surface area (Å²) in [4.78, 5) is 5.82. The second kappa shape index (κ2) is 18.4. The maximum Gasteiger partial charge on any atom is 0.0716 e. The minimum Gasteiger partial charge on any atom is -0.309 e. The molecule has 0 spiro atoms. The topological polar surface area (TPSA) is 17.8 Å². The highest BCUT2D eigenvalue weighted by atomic mass is 15.0. The average Bonchev–Trinajstić information content (AvgIpc) is 4.26. The first kappa shape index (κ1) is 45.8. The Morgan fingerprint density at radius 1 is 0.237 bits per heavy atom. The lowest BCUT2D eigenvalue weighted by molar-refractivity contribution is 0.768. The van der Waals surface area contributed by atoms with Crippen molar-refractivity contribution in [1.82, 2.24) is 9.55 Å². The smallest absolute Gasteiger partial charge is 0.0716 e. The summed E-state index contributed by atoms with van der Waals surface area (Å²) in [5, 5.41) is 9.95. The monoisotopic (exact) mass is 1010 g/mol.